The number of aryl methyl sites for hydroxylation is 2. The molecule has 0 fully saturated rings. The third kappa shape index (κ3) is 3.49. The first-order valence-corrected chi connectivity index (χ1v) is 9.42. The van der Waals surface area contributed by atoms with E-state index in [2.05, 4.69) is 19.9 Å². The molecule has 0 bridgehead atoms. The summed E-state index contributed by atoms with van der Waals surface area (Å²) in [6, 6.07) is 7.19. The van der Waals surface area contributed by atoms with Crippen LogP contribution in [0.15, 0.2) is 33.6 Å². The molecule has 3 aromatic rings. The van der Waals surface area contributed by atoms with E-state index in [4.69, 9.17) is 9.15 Å². The van der Waals surface area contributed by atoms with Crippen molar-refractivity contribution < 1.29 is 17.6 Å². The lowest BCUT2D eigenvalue weighted by atomic mass is 10.2. The quantitative estimate of drug-likeness (QED) is 0.684. The minimum absolute atomic E-state index is 0.172. The molecule has 0 aliphatic carbocycles. The number of ether oxygens (including phenoxy) is 1. The average molecular weight is 376 g/mol. The Bertz CT molecular complexity index is 1020. The van der Waals surface area contributed by atoms with E-state index in [1.807, 2.05) is 12.1 Å². The van der Waals surface area contributed by atoms with Gasteiger partial charge in [0.25, 0.3) is 5.89 Å². The number of sulfonamides is 1. The zero-order chi connectivity index (χ0) is 18.9. The fourth-order valence-electron chi connectivity index (χ4n) is 2.74. The van der Waals surface area contributed by atoms with Gasteiger partial charge in [-0.05, 0) is 37.1 Å². The molecular formula is C17H20N4O4S. The van der Waals surface area contributed by atoms with Gasteiger partial charge in [0, 0.05) is 19.2 Å². The Morgan fingerprint density at radius 3 is 2.42 bits per heavy atom. The molecule has 0 amide bonds. The SMILES string of the molecule is COc1ccc(CNS(=O)(=O)c2c(C)[nH]c(-c3nnc(C)o3)c2C)cc1. The summed E-state index contributed by atoms with van der Waals surface area (Å²) in [7, 11) is -2.14. The fraction of sp³-hybridized carbons (Fsp3) is 0.294. The number of nitrogens with zero attached hydrogens (tertiary/aromatic N) is 2. The van der Waals surface area contributed by atoms with Gasteiger partial charge in [0.15, 0.2) is 0 Å². The highest BCUT2D eigenvalue weighted by molar-refractivity contribution is 7.89. The van der Waals surface area contributed by atoms with Crippen molar-refractivity contribution in [2.75, 3.05) is 7.11 Å². The molecule has 0 radical (unpaired) electrons. The van der Waals surface area contributed by atoms with Gasteiger partial charge in [-0.1, -0.05) is 12.1 Å². The Labute approximate surface area is 151 Å². The molecule has 0 saturated carbocycles. The first-order chi connectivity index (χ1) is 12.3. The smallest absolute Gasteiger partial charge is 0.264 e. The highest BCUT2D eigenvalue weighted by Gasteiger charge is 2.26. The summed E-state index contributed by atoms with van der Waals surface area (Å²) in [5, 5.41) is 7.73. The van der Waals surface area contributed by atoms with E-state index in [9.17, 15) is 8.42 Å². The van der Waals surface area contributed by atoms with Crippen molar-refractivity contribution >= 4 is 10.0 Å². The summed E-state index contributed by atoms with van der Waals surface area (Å²) in [6.45, 7) is 5.25. The van der Waals surface area contributed by atoms with Crippen LogP contribution in [0, 0.1) is 20.8 Å². The number of benzene rings is 1. The molecule has 9 heteroatoms. The number of methoxy groups -OCH3 is 1. The van der Waals surface area contributed by atoms with Gasteiger partial charge in [-0.25, -0.2) is 13.1 Å². The molecule has 2 aromatic heterocycles. The van der Waals surface area contributed by atoms with E-state index >= 15 is 0 Å². The van der Waals surface area contributed by atoms with E-state index in [1.54, 1.807) is 40.0 Å². The van der Waals surface area contributed by atoms with Crippen molar-refractivity contribution in [3.05, 3.63) is 47.0 Å². The van der Waals surface area contributed by atoms with Crippen LogP contribution in [-0.4, -0.2) is 30.7 Å². The first-order valence-electron chi connectivity index (χ1n) is 7.94. The summed E-state index contributed by atoms with van der Waals surface area (Å²) >= 11 is 0. The molecule has 2 N–H and O–H groups in total. The lowest BCUT2D eigenvalue weighted by molar-refractivity contribution is 0.414. The normalized spacial score (nSPS) is 11.7. The van der Waals surface area contributed by atoms with Gasteiger partial charge in [-0.3, -0.25) is 0 Å². The Morgan fingerprint density at radius 1 is 1.15 bits per heavy atom. The van der Waals surface area contributed by atoms with Crippen molar-refractivity contribution in [3.63, 3.8) is 0 Å². The zero-order valence-electron chi connectivity index (χ0n) is 15.0. The monoisotopic (exact) mass is 376 g/mol. The number of H-pyrrole nitrogens is 1. The Kier molecular flexibility index (Phi) is 4.84. The fourth-order valence-corrected chi connectivity index (χ4v) is 4.20. The standard InChI is InChI=1S/C17H20N4O4S/c1-10-15(17-21-20-12(3)25-17)19-11(2)16(10)26(22,23)18-9-13-5-7-14(24-4)8-6-13/h5-8,18-19H,9H2,1-4H3. The second-order valence-corrected chi connectivity index (χ2v) is 7.58. The van der Waals surface area contributed by atoms with E-state index in [-0.39, 0.29) is 17.3 Å². The van der Waals surface area contributed by atoms with Crippen LogP contribution in [-0.2, 0) is 16.6 Å². The van der Waals surface area contributed by atoms with Gasteiger partial charge >= 0.3 is 0 Å². The minimum Gasteiger partial charge on any atom is -0.497 e. The lowest BCUT2D eigenvalue weighted by Gasteiger charge is -2.08. The molecule has 26 heavy (non-hydrogen) atoms. The van der Waals surface area contributed by atoms with Crippen molar-refractivity contribution in [1.82, 2.24) is 19.9 Å². The maximum atomic E-state index is 12.8. The molecule has 0 aliphatic heterocycles. The molecule has 2 heterocycles. The highest BCUT2D eigenvalue weighted by Crippen LogP contribution is 2.29. The van der Waals surface area contributed by atoms with Gasteiger partial charge in [-0.15, -0.1) is 10.2 Å². The second kappa shape index (κ2) is 6.93. The second-order valence-electron chi connectivity index (χ2n) is 5.88. The summed E-state index contributed by atoms with van der Waals surface area (Å²) in [5.41, 5.74) is 2.38. The molecule has 138 valence electrons. The van der Waals surface area contributed by atoms with Crippen molar-refractivity contribution in [3.8, 4) is 17.3 Å². The number of hydrogen-bond acceptors (Lipinski definition) is 6. The van der Waals surface area contributed by atoms with Crippen LogP contribution >= 0.6 is 0 Å². The van der Waals surface area contributed by atoms with Gasteiger partial charge in [-0.2, -0.15) is 0 Å². The number of rotatable bonds is 6. The van der Waals surface area contributed by atoms with E-state index in [0.29, 0.717) is 28.6 Å². The molecule has 0 saturated heterocycles. The molecule has 0 atom stereocenters. The topological polar surface area (TPSA) is 110 Å². The maximum Gasteiger partial charge on any atom is 0.264 e. The maximum absolute atomic E-state index is 12.8. The predicted octanol–water partition coefficient (Wildman–Crippen LogP) is 2.48. The number of nitrogens with one attached hydrogen (secondary N) is 2. The van der Waals surface area contributed by atoms with Gasteiger partial charge < -0.3 is 14.1 Å². The average Bonchev–Trinajstić information content (AvgIpc) is 3.16. The summed E-state index contributed by atoms with van der Waals surface area (Å²) in [5.74, 6) is 1.39. The van der Waals surface area contributed by atoms with Crippen molar-refractivity contribution in [1.29, 1.82) is 0 Å². The van der Waals surface area contributed by atoms with Crippen LogP contribution in [0.4, 0.5) is 0 Å². The number of aromatic nitrogens is 3. The summed E-state index contributed by atoms with van der Waals surface area (Å²) < 4.78 is 38.7. The number of aromatic amines is 1. The van der Waals surface area contributed by atoms with Gasteiger partial charge in [0.1, 0.15) is 16.3 Å². The Balaban J connectivity index is 1.85. The summed E-state index contributed by atoms with van der Waals surface area (Å²) in [6.07, 6.45) is 0. The van der Waals surface area contributed by atoms with Crippen molar-refractivity contribution in [2.45, 2.75) is 32.2 Å². The highest BCUT2D eigenvalue weighted by atomic mass is 32.2. The third-order valence-electron chi connectivity index (χ3n) is 4.00. The van der Waals surface area contributed by atoms with Gasteiger partial charge in [0.2, 0.25) is 15.9 Å². The molecule has 3 rings (SSSR count). The third-order valence-corrected chi connectivity index (χ3v) is 5.68. The van der Waals surface area contributed by atoms with E-state index in [0.717, 1.165) is 5.56 Å². The first kappa shape index (κ1) is 18.2. The largest absolute Gasteiger partial charge is 0.497 e. The predicted molar refractivity (Wildman–Crippen MR) is 95.3 cm³/mol. The molecule has 8 nitrogen and oxygen atoms in total. The minimum atomic E-state index is -3.72. The molecule has 0 unspecified atom stereocenters. The summed E-state index contributed by atoms with van der Waals surface area (Å²) in [4.78, 5) is 3.22. The van der Waals surface area contributed by atoms with Gasteiger partial charge in [0.05, 0.1) is 7.11 Å². The zero-order valence-corrected chi connectivity index (χ0v) is 15.8. The van der Waals surface area contributed by atoms with Crippen molar-refractivity contribution in [2.24, 2.45) is 0 Å². The Hall–Kier alpha value is -2.65. The van der Waals surface area contributed by atoms with E-state index < -0.39 is 10.0 Å². The van der Waals surface area contributed by atoms with Crippen LogP contribution in [0.2, 0.25) is 0 Å². The number of hydrogen-bond donors (Lipinski definition) is 2. The van der Waals surface area contributed by atoms with Crippen LogP contribution in [0.3, 0.4) is 0 Å². The van der Waals surface area contributed by atoms with E-state index in [1.165, 1.54) is 0 Å². The van der Waals surface area contributed by atoms with Crippen LogP contribution in [0.1, 0.15) is 22.7 Å². The molecular weight excluding hydrogens is 356 g/mol. The lowest BCUT2D eigenvalue weighted by Crippen LogP contribution is -2.24. The van der Waals surface area contributed by atoms with Crippen LogP contribution < -0.4 is 9.46 Å². The van der Waals surface area contributed by atoms with Crippen LogP contribution in [0.5, 0.6) is 5.75 Å². The Morgan fingerprint density at radius 2 is 1.85 bits per heavy atom. The molecule has 0 spiro atoms. The molecule has 0 aliphatic rings. The molecule has 1 aromatic carbocycles. The van der Waals surface area contributed by atoms with Crippen LogP contribution in [0.25, 0.3) is 11.6 Å².